The molecule has 132 valence electrons. The van der Waals surface area contributed by atoms with Crippen molar-refractivity contribution in [2.75, 3.05) is 0 Å². The van der Waals surface area contributed by atoms with Crippen molar-refractivity contribution in [2.24, 2.45) is 5.10 Å². The summed E-state index contributed by atoms with van der Waals surface area (Å²) in [4.78, 5) is 12.2. The Morgan fingerprint density at radius 2 is 1.92 bits per heavy atom. The Morgan fingerprint density at radius 3 is 2.52 bits per heavy atom. The van der Waals surface area contributed by atoms with Gasteiger partial charge in [0.15, 0.2) is 6.10 Å². The highest BCUT2D eigenvalue weighted by Gasteiger charge is 2.16. The fourth-order valence-corrected chi connectivity index (χ4v) is 2.48. The first-order valence-electron chi connectivity index (χ1n) is 7.68. The average molecular weight is 381 g/mol. The van der Waals surface area contributed by atoms with Crippen LogP contribution in [0.2, 0.25) is 10.0 Å². The van der Waals surface area contributed by atoms with Gasteiger partial charge in [0.05, 0.1) is 10.7 Å². The van der Waals surface area contributed by atoms with E-state index in [0.717, 1.165) is 5.56 Å². The Bertz CT molecular complexity index is 776. The van der Waals surface area contributed by atoms with Crippen LogP contribution in [0.1, 0.15) is 25.8 Å². The van der Waals surface area contributed by atoms with Crippen LogP contribution in [0.5, 0.6) is 11.5 Å². The zero-order valence-electron chi connectivity index (χ0n) is 13.8. The van der Waals surface area contributed by atoms with Gasteiger partial charge < -0.3 is 9.84 Å². The van der Waals surface area contributed by atoms with Gasteiger partial charge in [0, 0.05) is 5.02 Å². The second-order valence-corrected chi connectivity index (χ2v) is 6.11. The summed E-state index contributed by atoms with van der Waals surface area (Å²) in [6.07, 6.45) is -0.177. The van der Waals surface area contributed by atoms with Gasteiger partial charge in [0.2, 0.25) is 0 Å². The van der Waals surface area contributed by atoms with Crippen molar-refractivity contribution < 1.29 is 14.6 Å². The van der Waals surface area contributed by atoms with Crippen LogP contribution in [0.25, 0.3) is 0 Å². The molecule has 0 heterocycles. The zero-order chi connectivity index (χ0) is 18.4. The first-order valence-corrected chi connectivity index (χ1v) is 8.43. The smallest absolute Gasteiger partial charge is 0.280 e. The second-order valence-electron chi connectivity index (χ2n) is 5.27. The van der Waals surface area contributed by atoms with Crippen molar-refractivity contribution >= 4 is 34.8 Å². The number of aromatic hydroxyl groups is 1. The Morgan fingerprint density at radius 1 is 1.24 bits per heavy atom. The molecule has 7 heteroatoms. The number of phenols is 1. The summed E-state index contributed by atoms with van der Waals surface area (Å²) in [7, 11) is 0. The van der Waals surface area contributed by atoms with Crippen LogP contribution in [0.4, 0.5) is 0 Å². The minimum absolute atomic E-state index is 0.171. The number of hydrogen-bond acceptors (Lipinski definition) is 4. The summed E-state index contributed by atoms with van der Waals surface area (Å²) in [5.41, 5.74) is 3.99. The lowest BCUT2D eigenvalue weighted by Crippen LogP contribution is -2.34. The molecular formula is C18H18Cl2N2O3. The minimum atomic E-state index is -0.791. The third-order valence-corrected chi connectivity index (χ3v) is 3.93. The van der Waals surface area contributed by atoms with E-state index in [2.05, 4.69) is 10.5 Å². The van der Waals surface area contributed by atoms with Gasteiger partial charge in [0.1, 0.15) is 11.5 Å². The van der Waals surface area contributed by atoms with E-state index in [1.54, 1.807) is 49.4 Å². The number of rotatable bonds is 6. The quantitative estimate of drug-likeness (QED) is 0.576. The molecule has 0 saturated heterocycles. The molecular weight excluding hydrogens is 363 g/mol. The molecule has 1 amide bonds. The highest BCUT2D eigenvalue weighted by Crippen LogP contribution is 2.28. The lowest BCUT2D eigenvalue weighted by molar-refractivity contribution is -0.127. The normalized spacial score (nSPS) is 12.6. The molecule has 1 unspecified atom stereocenters. The summed E-state index contributed by atoms with van der Waals surface area (Å²) in [6.45, 7) is 3.52. The highest BCUT2D eigenvalue weighted by atomic mass is 35.5. The molecule has 0 bridgehead atoms. The van der Waals surface area contributed by atoms with Gasteiger partial charge in [-0.1, -0.05) is 30.1 Å². The first-order chi connectivity index (χ1) is 11.9. The number of nitrogens with zero attached hydrogens (tertiary/aromatic N) is 1. The number of amides is 1. The van der Waals surface area contributed by atoms with Crippen molar-refractivity contribution in [3.63, 3.8) is 0 Å². The number of carbonyl (C=O) groups is 1. The molecule has 0 saturated carbocycles. The molecule has 2 aromatic rings. The molecule has 0 aromatic heterocycles. The van der Waals surface area contributed by atoms with Crippen molar-refractivity contribution in [3.05, 3.63) is 58.1 Å². The fraction of sp³-hybridized carbons (Fsp3) is 0.222. The van der Waals surface area contributed by atoms with Gasteiger partial charge in [-0.05, 0) is 61.4 Å². The monoisotopic (exact) mass is 380 g/mol. The van der Waals surface area contributed by atoms with E-state index in [-0.39, 0.29) is 5.75 Å². The van der Waals surface area contributed by atoms with Crippen LogP contribution in [-0.2, 0) is 4.79 Å². The van der Waals surface area contributed by atoms with Crippen molar-refractivity contribution in [2.45, 2.75) is 26.4 Å². The Balaban J connectivity index is 2.03. The maximum atomic E-state index is 12.2. The molecule has 0 aliphatic heterocycles. The molecule has 2 N–H and O–H groups in total. The topological polar surface area (TPSA) is 70.9 Å². The Kier molecular flexibility index (Phi) is 6.67. The van der Waals surface area contributed by atoms with Crippen LogP contribution in [0.15, 0.2) is 47.6 Å². The molecule has 0 aliphatic rings. The third kappa shape index (κ3) is 5.37. The van der Waals surface area contributed by atoms with Gasteiger partial charge in [0.25, 0.3) is 5.91 Å². The van der Waals surface area contributed by atoms with Crippen LogP contribution >= 0.6 is 23.2 Å². The van der Waals surface area contributed by atoms with E-state index in [4.69, 9.17) is 27.9 Å². The van der Waals surface area contributed by atoms with Gasteiger partial charge in [-0.15, -0.1) is 0 Å². The molecule has 0 aliphatic carbocycles. The lowest BCUT2D eigenvalue weighted by atomic mass is 10.1. The molecule has 2 aromatic carbocycles. The maximum Gasteiger partial charge on any atom is 0.280 e. The largest absolute Gasteiger partial charge is 0.508 e. The van der Waals surface area contributed by atoms with Gasteiger partial charge in [-0.25, -0.2) is 5.43 Å². The summed E-state index contributed by atoms with van der Waals surface area (Å²) in [6, 6.07) is 11.4. The summed E-state index contributed by atoms with van der Waals surface area (Å²) in [5, 5.41) is 14.3. The van der Waals surface area contributed by atoms with E-state index in [9.17, 15) is 9.90 Å². The molecule has 0 fully saturated rings. The minimum Gasteiger partial charge on any atom is -0.508 e. The standard InChI is InChI=1S/C18H18Cl2N2O3/c1-3-16(12-4-7-14(23)8-5-12)21-22-18(24)11(2)25-17-9-6-13(19)10-15(17)20/h4-11,23H,3H2,1-2H3,(H,22,24)/b21-16+. The highest BCUT2D eigenvalue weighted by molar-refractivity contribution is 6.35. The fourth-order valence-electron chi connectivity index (χ4n) is 2.03. The predicted molar refractivity (Wildman–Crippen MR) is 99.6 cm³/mol. The van der Waals surface area contributed by atoms with E-state index >= 15 is 0 Å². The first kappa shape index (κ1) is 19.1. The number of phenolic OH excluding ortho intramolecular Hbond substituents is 1. The van der Waals surface area contributed by atoms with Crippen LogP contribution in [-0.4, -0.2) is 22.8 Å². The number of hydrogen-bond donors (Lipinski definition) is 2. The maximum absolute atomic E-state index is 12.2. The summed E-state index contributed by atoms with van der Waals surface area (Å²) < 4.78 is 5.54. The molecule has 2 rings (SSSR count). The molecule has 0 radical (unpaired) electrons. The zero-order valence-corrected chi connectivity index (χ0v) is 15.3. The lowest BCUT2D eigenvalue weighted by Gasteiger charge is -2.14. The SMILES string of the molecule is CC/C(=N\NC(=O)C(C)Oc1ccc(Cl)cc1Cl)c1ccc(O)cc1. The number of hydrazone groups is 1. The van der Waals surface area contributed by atoms with Crippen LogP contribution in [0.3, 0.4) is 0 Å². The molecule has 1 atom stereocenters. The van der Waals surface area contributed by atoms with Crippen molar-refractivity contribution in [1.29, 1.82) is 0 Å². The van der Waals surface area contributed by atoms with Crippen molar-refractivity contribution in [1.82, 2.24) is 5.43 Å². The van der Waals surface area contributed by atoms with Gasteiger partial charge in [-0.3, -0.25) is 4.79 Å². The van der Waals surface area contributed by atoms with E-state index < -0.39 is 12.0 Å². The van der Waals surface area contributed by atoms with E-state index in [1.165, 1.54) is 0 Å². The van der Waals surface area contributed by atoms with Crippen LogP contribution < -0.4 is 10.2 Å². The predicted octanol–water partition coefficient (Wildman–Crippen LogP) is 4.40. The number of ether oxygens (including phenoxy) is 1. The number of halogens is 2. The number of benzene rings is 2. The van der Waals surface area contributed by atoms with E-state index in [1.807, 2.05) is 6.92 Å². The number of carbonyl (C=O) groups excluding carboxylic acids is 1. The second kappa shape index (κ2) is 8.74. The Labute approximate surface area is 156 Å². The third-order valence-electron chi connectivity index (χ3n) is 3.40. The van der Waals surface area contributed by atoms with Crippen molar-refractivity contribution in [3.8, 4) is 11.5 Å². The molecule has 5 nitrogen and oxygen atoms in total. The summed E-state index contributed by atoms with van der Waals surface area (Å²) in [5.74, 6) is 0.132. The van der Waals surface area contributed by atoms with Gasteiger partial charge in [-0.2, -0.15) is 5.10 Å². The molecule has 25 heavy (non-hydrogen) atoms. The molecule has 0 spiro atoms. The van der Waals surface area contributed by atoms with E-state index in [0.29, 0.717) is 27.9 Å². The average Bonchev–Trinajstić information content (AvgIpc) is 2.59. The summed E-state index contributed by atoms with van der Waals surface area (Å²) >= 11 is 11.9. The van der Waals surface area contributed by atoms with Crippen LogP contribution in [0, 0.1) is 0 Å². The van der Waals surface area contributed by atoms with Gasteiger partial charge >= 0.3 is 0 Å². The number of nitrogens with one attached hydrogen (secondary N) is 1. The Hall–Kier alpha value is -2.24.